The zero-order valence-electron chi connectivity index (χ0n) is 7.90. The molecule has 0 aliphatic carbocycles. The molecule has 70 valence electrons. The quantitative estimate of drug-likeness (QED) is 0.527. The van der Waals surface area contributed by atoms with Crippen molar-refractivity contribution >= 4 is 5.84 Å². The SMILES string of the molecule is COc1ccc(C(=N)N(C)C)nn1. The third-order valence-corrected chi connectivity index (χ3v) is 1.54. The van der Waals surface area contributed by atoms with Crippen molar-refractivity contribution in [3.05, 3.63) is 17.8 Å². The third kappa shape index (κ3) is 2.14. The summed E-state index contributed by atoms with van der Waals surface area (Å²) in [5.41, 5.74) is 0.533. The van der Waals surface area contributed by atoms with E-state index in [0.29, 0.717) is 17.4 Å². The molecular weight excluding hydrogens is 168 g/mol. The highest BCUT2D eigenvalue weighted by molar-refractivity contribution is 5.93. The molecule has 1 rings (SSSR count). The average molecular weight is 180 g/mol. The van der Waals surface area contributed by atoms with Gasteiger partial charge in [-0.3, -0.25) is 5.41 Å². The van der Waals surface area contributed by atoms with Gasteiger partial charge in [-0.1, -0.05) is 0 Å². The topological polar surface area (TPSA) is 62.1 Å². The van der Waals surface area contributed by atoms with Gasteiger partial charge < -0.3 is 9.64 Å². The molecule has 0 bridgehead atoms. The summed E-state index contributed by atoms with van der Waals surface area (Å²) < 4.78 is 4.85. The van der Waals surface area contributed by atoms with Crippen LogP contribution in [0.25, 0.3) is 0 Å². The molecule has 5 nitrogen and oxygen atoms in total. The molecule has 13 heavy (non-hydrogen) atoms. The Morgan fingerprint density at radius 1 is 1.38 bits per heavy atom. The Balaban J connectivity index is 2.86. The number of ether oxygens (including phenoxy) is 1. The van der Waals surface area contributed by atoms with Gasteiger partial charge in [-0.05, 0) is 6.07 Å². The normalized spacial score (nSPS) is 9.46. The zero-order valence-corrected chi connectivity index (χ0v) is 7.90. The van der Waals surface area contributed by atoms with E-state index in [1.165, 1.54) is 7.11 Å². The fraction of sp³-hybridized carbons (Fsp3) is 0.375. The van der Waals surface area contributed by atoms with Gasteiger partial charge in [0.25, 0.3) is 0 Å². The van der Waals surface area contributed by atoms with Crippen LogP contribution in [0, 0.1) is 5.41 Å². The molecule has 0 amide bonds. The number of rotatable bonds is 2. The van der Waals surface area contributed by atoms with E-state index in [0.717, 1.165) is 0 Å². The van der Waals surface area contributed by atoms with Gasteiger partial charge in [0.05, 0.1) is 7.11 Å². The van der Waals surface area contributed by atoms with Crippen molar-refractivity contribution in [2.75, 3.05) is 21.2 Å². The van der Waals surface area contributed by atoms with Crippen LogP contribution in [0.1, 0.15) is 5.69 Å². The van der Waals surface area contributed by atoms with E-state index in [2.05, 4.69) is 10.2 Å². The number of hydrogen-bond donors (Lipinski definition) is 1. The van der Waals surface area contributed by atoms with E-state index in [1.807, 2.05) is 0 Å². The van der Waals surface area contributed by atoms with Crippen LogP contribution < -0.4 is 4.74 Å². The number of hydrogen-bond acceptors (Lipinski definition) is 4. The maximum absolute atomic E-state index is 7.59. The molecule has 0 atom stereocenters. The first-order valence-corrected chi connectivity index (χ1v) is 3.79. The fourth-order valence-corrected chi connectivity index (χ4v) is 0.784. The van der Waals surface area contributed by atoms with Gasteiger partial charge in [0.2, 0.25) is 5.88 Å². The summed E-state index contributed by atoms with van der Waals surface area (Å²) >= 11 is 0. The lowest BCUT2D eigenvalue weighted by molar-refractivity contribution is 0.391. The Morgan fingerprint density at radius 3 is 2.46 bits per heavy atom. The molecule has 1 aromatic heterocycles. The Bertz CT molecular complexity index is 294. The molecular formula is C8H12N4O. The molecule has 5 heteroatoms. The largest absolute Gasteiger partial charge is 0.480 e. The molecule has 1 aromatic rings. The first kappa shape index (κ1) is 9.44. The van der Waals surface area contributed by atoms with Crippen molar-refractivity contribution in [1.29, 1.82) is 5.41 Å². The highest BCUT2D eigenvalue weighted by Crippen LogP contribution is 2.04. The van der Waals surface area contributed by atoms with E-state index in [-0.39, 0.29) is 0 Å². The molecule has 0 saturated heterocycles. The lowest BCUT2D eigenvalue weighted by Gasteiger charge is -2.11. The van der Waals surface area contributed by atoms with E-state index < -0.39 is 0 Å². The minimum absolute atomic E-state index is 0.329. The summed E-state index contributed by atoms with van der Waals surface area (Å²) in [7, 11) is 5.10. The van der Waals surface area contributed by atoms with E-state index in [1.54, 1.807) is 31.1 Å². The molecule has 0 aliphatic heterocycles. The lowest BCUT2D eigenvalue weighted by Crippen LogP contribution is -2.23. The van der Waals surface area contributed by atoms with Crippen LogP contribution in [0.3, 0.4) is 0 Å². The van der Waals surface area contributed by atoms with Gasteiger partial charge in [0.1, 0.15) is 11.5 Å². The summed E-state index contributed by atoms with van der Waals surface area (Å²) in [5, 5.41) is 15.2. The van der Waals surface area contributed by atoms with Crippen molar-refractivity contribution in [1.82, 2.24) is 15.1 Å². The van der Waals surface area contributed by atoms with Gasteiger partial charge >= 0.3 is 0 Å². The molecule has 0 radical (unpaired) electrons. The van der Waals surface area contributed by atoms with Crippen molar-refractivity contribution in [2.45, 2.75) is 0 Å². The predicted octanol–water partition coefficient (Wildman–Crippen LogP) is 0.372. The second-order valence-corrected chi connectivity index (χ2v) is 2.70. The Hall–Kier alpha value is -1.65. The minimum Gasteiger partial charge on any atom is -0.480 e. The summed E-state index contributed by atoms with van der Waals surface area (Å²) in [4.78, 5) is 1.66. The molecule has 0 spiro atoms. The average Bonchev–Trinajstić information content (AvgIpc) is 2.17. The minimum atomic E-state index is 0.329. The second kappa shape index (κ2) is 3.84. The predicted molar refractivity (Wildman–Crippen MR) is 49.1 cm³/mol. The third-order valence-electron chi connectivity index (χ3n) is 1.54. The van der Waals surface area contributed by atoms with Gasteiger partial charge in [-0.15, -0.1) is 10.2 Å². The number of aromatic nitrogens is 2. The van der Waals surface area contributed by atoms with Crippen LogP contribution in [-0.4, -0.2) is 42.1 Å². The van der Waals surface area contributed by atoms with Crippen LogP contribution >= 0.6 is 0 Å². The van der Waals surface area contributed by atoms with Crippen LogP contribution in [-0.2, 0) is 0 Å². The fourth-order valence-electron chi connectivity index (χ4n) is 0.784. The van der Waals surface area contributed by atoms with Crippen molar-refractivity contribution in [3.8, 4) is 5.88 Å². The summed E-state index contributed by atoms with van der Waals surface area (Å²) in [6, 6.07) is 3.38. The molecule has 0 saturated carbocycles. The summed E-state index contributed by atoms with van der Waals surface area (Å²) in [6.07, 6.45) is 0. The standard InChI is InChI=1S/C8H12N4O/c1-12(2)8(9)6-4-5-7(13-3)11-10-6/h4-5,9H,1-3H3. The van der Waals surface area contributed by atoms with Crippen LogP contribution in [0.5, 0.6) is 5.88 Å². The van der Waals surface area contributed by atoms with Gasteiger partial charge in [0.15, 0.2) is 0 Å². The smallest absolute Gasteiger partial charge is 0.233 e. The van der Waals surface area contributed by atoms with Crippen LogP contribution in [0.2, 0.25) is 0 Å². The number of amidine groups is 1. The monoisotopic (exact) mass is 180 g/mol. The second-order valence-electron chi connectivity index (χ2n) is 2.70. The Morgan fingerprint density at radius 2 is 2.08 bits per heavy atom. The molecule has 1 heterocycles. The molecule has 0 aromatic carbocycles. The van der Waals surface area contributed by atoms with Gasteiger partial charge in [0, 0.05) is 20.2 Å². The van der Waals surface area contributed by atoms with E-state index in [9.17, 15) is 0 Å². The highest BCUT2D eigenvalue weighted by Gasteiger charge is 2.05. The van der Waals surface area contributed by atoms with Gasteiger partial charge in [-0.2, -0.15) is 0 Å². The summed E-state index contributed by atoms with van der Waals surface area (Å²) in [5.74, 6) is 0.783. The highest BCUT2D eigenvalue weighted by atomic mass is 16.5. The van der Waals surface area contributed by atoms with Gasteiger partial charge in [-0.25, -0.2) is 0 Å². The Labute approximate surface area is 76.9 Å². The molecule has 0 fully saturated rings. The number of nitrogens with zero attached hydrogens (tertiary/aromatic N) is 3. The van der Waals surface area contributed by atoms with Crippen molar-refractivity contribution < 1.29 is 4.74 Å². The Kier molecular flexibility index (Phi) is 2.79. The van der Waals surface area contributed by atoms with Crippen molar-refractivity contribution in [3.63, 3.8) is 0 Å². The molecule has 0 unspecified atom stereocenters. The van der Waals surface area contributed by atoms with Crippen LogP contribution in [0.4, 0.5) is 0 Å². The van der Waals surface area contributed by atoms with E-state index in [4.69, 9.17) is 10.1 Å². The number of methoxy groups -OCH3 is 1. The number of nitrogens with one attached hydrogen (secondary N) is 1. The summed E-state index contributed by atoms with van der Waals surface area (Å²) in [6.45, 7) is 0. The van der Waals surface area contributed by atoms with Crippen molar-refractivity contribution in [2.24, 2.45) is 0 Å². The molecule has 0 aliphatic rings. The maximum atomic E-state index is 7.59. The zero-order chi connectivity index (χ0) is 9.84. The maximum Gasteiger partial charge on any atom is 0.233 e. The lowest BCUT2D eigenvalue weighted by atomic mass is 10.3. The van der Waals surface area contributed by atoms with E-state index >= 15 is 0 Å². The van der Waals surface area contributed by atoms with Crippen LogP contribution in [0.15, 0.2) is 12.1 Å². The first-order valence-electron chi connectivity index (χ1n) is 3.79. The molecule has 1 N–H and O–H groups in total. The first-order chi connectivity index (χ1) is 6.15.